The molecule has 1 aromatic rings. The highest BCUT2D eigenvalue weighted by atomic mass is 35.5. The third-order valence-corrected chi connectivity index (χ3v) is 4.12. The Labute approximate surface area is 114 Å². The zero-order valence-corrected chi connectivity index (χ0v) is 11.6. The van der Waals surface area contributed by atoms with Gasteiger partial charge in [-0.2, -0.15) is 0 Å². The molecule has 1 heterocycles. The van der Waals surface area contributed by atoms with Crippen molar-refractivity contribution in [2.45, 2.75) is 32.6 Å². The maximum atomic E-state index is 11.1. The standard InChI is InChI=1S/C15H20ClNO/c1-2-12-4-3-8-17(9-7-12)15-6-5-14(16)10-13(15)11-18/h5-6,10-12H,2-4,7-9H2,1H3. The summed E-state index contributed by atoms with van der Waals surface area (Å²) in [5, 5.41) is 0.627. The predicted molar refractivity (Wildman–Crippen MR) is 76.7 cm³/mol. The lowest BCUT2D eigenvalue weighted by atomic mass is 9.98. The molecule has 0 N–H and O–H groups in total. The van der Waals surface area contributed by atoms with Crippen LogP contribution >= 0.6 is 11.6 Å². The molecule has 0 bridgehead atoms. The van der Waals surface area contributed by atoms with E-state index in [0.717, 1.165) is 31.0 Å². The van der Waals surface area contributed by atoms with E-state index in [9.17, 15) is 4.79 Å². The molecule has 2 nitrogen and oxygen atoms in total. The van der Waals surface area contributed by atoms with Gasteiger partial charge in [0.05, 0.1) is 0 Å². The number of hydrogen-bond donors (Lipinski definition) is 0. The normalized spacial score (nSPS) is 20.6. The van der Waals surface area contributed by atoms with Crippen molar-refractivity contribution in [2.24, 2.45) is 5.92 Å². The quantitative estimate of drug-likeness (QED) is 0.765. The second-order valence-corrected chi connectivity index (χ2v) is 5.45. The molecule has 1 atom stereocenters. The first kappa shape index (κ1) is 13.4. The van der Waals surface area contributed by atoms with Gasteiger partial charge in [-0.25, -0.2) is 0 Å². The van der Waals surface area contributed by atoms with E-state index in [2.05, 4.69) is 11.8 Å². The number of aldehydes is 1. The van der Waals surface area contributed by atoms with Crippen molar-refractivity contribution in [3.8, 4) is 0 Å². The molecule has 2 rings (SSSR count). The summed E-state index contributed by atoms with van der Waals surface area (Å²) < 4.78 is 0. The maximum Gasteiger partial charge on any atom is 0.152 e. The van der Waals surface area contributed by atoms with E-state index in [1.54, 1.807) is 6.07 Å². The summed E-state index contributed by atoms with van der Waals surface area (Å²) in [4.78, 5) is 13.5. The van der Waals surface area contributed by atoms with Crippen LogP contribution in [0.1, 0.15) is 43.0 Å². The van der Waals surface area contributed by atoms with E-state index in [1.807, 2.05) is 12.1 Å². The first-order chi connectivity index (χ1) is 8.74. The zero-order chi connectivity index (χ0) is 13.0. The van der Waals surface area contributed by atoms with Gasteiger partial charge in [-0.15, -0.1) is 0 Å². The molecule has 0 amide bonds. The number of nitrogens with zero attached hydrogens (tertiary/aromatic N) is 1. The van der Waals surface area contributed by atoms with Crippen LogP contribution in [-0.4, -0.2) is 19.4 Å². The molecule has 0 spiro atoms. The highest BCUT2D eigenvalue weighted by Gasteiger charge is 2.17. The van der Waals surface area contributed by atoms with Gasteiger partial charge < -0.3 is 4.90 Å². The first-order valence-electron chi connectivity index (χ1n) is 6.74. The topological polar surface area (TPSA) is 20.3 Å². The molecule has 18 heavy (non-hydrogen) atoms. The van der Waals surface area contributed by atoms with Crippen molar-refractivity contribution >= 4 is 23.6 Å². The molecule has 1 aliphatic heterocycles. The summed E-state index contributed by atoms with van der Waals surface area (Å²) in [5.41, 5.74) is 1.74. The van der Waals surface area contributed by atoms with Crippen LogP contribution in [-0.2, 0) is 0 Å². The Morgan fingerprint density at radius 2 is 2.22 bits per heavy atom. The largest absolute Gasteiger partial charge is 0.371 e. The number of anilines is 1. The fraction of sp³-hybridized carbons (Fsp3) is 0.533. The Hall–Kier alpha value is -1.02. The lowest BCUT2D eigenvalue weighted by Crippen LogP contribution is -2.25. The number of carbonyl (C=O) groups is 1. The Bertz CT molecular complexity index is 419. The molecule has 1 aliphatic rings. The average Bonchev–Trinajstić information content (AvgIpc) is 2.63. The van der Waals surface area contributed by atoms with Crippen molar-refractivity contribution in [2.75, 3.05) is 18.0 Å². The molecular weight excluding hydrogens is 246 g/mol. The summed E-state index contributed by atoms with van der Waals surface area (Å²) >= 11 is 5.93. The highest BCUT2D eigenvalue weighted by Crippen LogP contribution is 2.28. The molecule has 98 valence electrons. The summed E-state index contributed by atoms with van der Waals surface area (Å²) in [6, 6.07) is 5.59. The Morgan fingerprint density at radius 1 is 1.39 bits per heavy atom. The highest BCUT2D eigenvalue weighted by molar-refractivity contribution is 6.31. The fourth-order valence-electron chi connectivity index (χ4n) is 2.72. The van der Waals surface area contributed by atoms with Crippen LogP contribution in [0.2, 0.25) is 5.02 Å². The Kier molecular flexibility index (Phi) is 4.65. The van der Waals surface area contributed by atoms with Crippen LogP contribution < -0.4 is 4.90 Å². The minimum Gasteiger partial charge on any atom is -0.371 e. The average molecular weight is 266 g/mol. The van der Waals surface area contributed by atoms with Crippen LogP contribution in [0, 0.1) is 5.92 Å². The number of benzene rings is 1. The van der Waals surface area contributed by atoms with Crippen LogP contribution in [0.3, 0.4) is 0 Å². The van der Waals surface area contributed by atoms with Gasteiger partial charge in [0.2, 0.25) is 0 Å². The fourth-order valence-corrected chi connectivity index (χ4v) is 2.90. The van der Waals surface area contributed by atoms with Gasteiger partial charge in [0.15, 0.2) is 6.29 Å². The van der Waals surface area contributed by atoms with Gasteiger partial charge in [-0.1, -0.05) is 24.9 Å². The second kappa shape index (κ2) is 6.24. The lowest BCUT2D eigenvalue weighted by Gasteiger charge is -2.24. The van der Waals surface area contributed by atoms with E-state index in [4.69, 9.17) is 11.6 Å². The number of rotatable bonds is 3. The summed E-state index contributed by atoms with van der Waals surface area (Å²) in [6.07, 6.45) is 5.90. The molecule has 1 saturated heterocycles. The van der Waals surface area contributed by atoms with E-state index in [0.29, 0.717) is 10.6 Å². The van der Waals surface area contributed by atoms with Gasteiger partial charge in [0, 0.05) is 29.4 Å². The van der Waals surface area contributed by atoms with Crippen molar-refractivity contribution in [3.05, 3.63) is 28.8 Å². The molecule has 0 radical (unpaired) electrons. The van der Waals surface area contributed by atoms with E-state index in [-0.39, 0.29) is 0 Å². The first-order valence-corrected chi connectivity index (χ1v) is 7.12. The molecule has 0 aromatic heterocycles. The molecule has 1 unspecified atom stereocenters. The van der Waals surface area contributed by atoms with Gasteiger partial charge in [-0.05, 0) is 43.4 Å². The molecule has 1 fully saturated rings. The monoisotopic (exact) mass is 265 g/mol. The number of carbonyl (C=O) groups excluding carboxylic acids is 1. The second-order valence-electron chi connectivity index (χ2n) is 5.01. The van der Waals surface area contributed by atoms with Crippen LogP contribution in [0.25, 0.3) is 0 Å². The zero-order valence-electron chi connectivity index (χ0n) is 10.9. The minimum atomic E-state index is 0.627. The lowest BCUT2D eigenvalue weighted by molar-refractivity contribution is 0.112. The van der Waals surface area contributed by atoms with Crippen LogP contribution in [0.15, 0.2) is 18.2 Å². The van der Waals surface area contributed by atoms with Gasteiger partial charge in [-0.3, -0.25) is 4.79 Å². The number of hydrogen-bond acceptors (Lipinski definition) is 2. The van der Waals surface area contributed by atoms with Crippen LogP contribution in [0.5, 0.6) is 0 Å². The van der Waals surface area contributed by atoms with E-state index in [1.165, 1.54) is 25.7 Å². The third-order valence-electron chi connectivity index (χ3n) is 3.88. The summed E-state index contributed by atoms with van der Waals surface area (Å²) in [6.45, 7) is 4.35. The molecule has 0 aliphatic carbocycles. The van der Waals surface area contributed by atoms with Gasteiger partial charge in [0.1, 0.15) is 0 Å². The van der Waals surface area contributed by atoms with Crippen molar-refractivity contribution < 1.29 is 4.79 Å². The number of halogens is 1. The molecule has 0 saturated carbocycles. The summed E-state index contributed by atoms with van der Waals surface area (Å²) in [7, 11) is 0. The van der Waals surface area contributed by atoms with Gasteiger partial charge in [0.25, 0.3) is 0 Å². The summed E-state index contributed by atoms with van der Waals surface area (Å²) in [5.74, 6) is 0.835. The third kappa shape index (κ3) is 3.05. The van der Waals surface area contributed by atoms with Crippen molar-refractivity contribution in [1.29, 1.82) is 0 Å². The smallest absolute Gasteiger partial charge is 0.152 e. The molecule has 3 heteroatoms. The Balaban J connectivity index is 2.18. The van der Waals surface area contributed by atoms with Crippen LogP contribution in [0.4, 0.5) is 5.69 Å². The predicted octanol–water partition coefficient (Wildman–Crippen LogP) is 4.17. The van der Waals surface area contributed by atoms with E-state index >= 15 is 0 Å². The maximum absolute atomic E-state index is 11.1. The molecule has 1 aromatic carbocycles. The molecular formula is C15H20ClNO. The Morgan fingerprint density at radius 3 is 2.94 bits per heavy atom. The minimum absolute atomic E-state index is 0.627. The van der Waals surface area contributed by atoms with E-state index < -0.39 is 0 Å². The van der Waals surface area contributed by atoms with Gasteiger partial charge >= 0.3 is 0 Å². The van der Waals surface area contributed by atoms with Crippen molar-refractivity contribution in [1.82, 2.24) is 0 Å². The van der Waals surface area contributed by atoms with Crippen molar-refractivity contribution in [3.63, 3.8) is 0 Å². The SMILES string of the molecule is CCC1CCCN(c2ccc(Cl)cc2C=O)CC1.